The molecule has 42 heavy (non-hydrogen) atoms. The second-order valence-corrected chi connectivity index (χ2v) is 11.2. The quantitative estimate of drug-likeness (QED) is 0.337. The van der Waals surface area contributed by atoms with Crippen molar-refractivity contribution in [2.75, 3.05) is 13.2 Å². The second kappa shape index (κ2) is 14.1. The Morgan fingerprint density at radius 3 is 2.21 bits per heavy atom. The van der Waals surface area contributed by atoms with Crippen molar-refractivity contribution in [1.29, 1.82) is 0 Å². The molecule has 0 aliphatic carbocycles. The summed E-state index contributed by atoms with van der Waals surface area (Å²) in [5, 5.41) is 13.2. The van der Waals surface area contributed by atoms with Crippen molar-refractivity contribution < 1.29 is 24.2 Å². The lowest BCUT2D eigenvalue weighted by molar-refractivity contribution is -0.150. The van der Waals surface area contributed by atoms with Gasteiger partial charge in [-0.25, -0.2) is 0 Å². The number of hydrogen-bond acceptors (Lipinski definition) is 5. The van der Waals surface area contributed by atoms with Crippen molar-refractivity contribution in [3.05, 3.63) is 119 Å². The van der Waals surface area contributed by atoms with Gasteiger partial charge in [-0.3, -0.25) is 14.4 Å². The highest BCUT2D eigenvalue weighted by Crippen LogP contribution is 2.26. The Morgan fingerprint density at radius 2 is 1.50 bits per heavy atom. The van der Waals surface area contributed by atoms with E-state index in [4.69, 9.17) is 4.74 Å². The number of cyclic esters (lactones) is 1. The van der Waals surface area contributed by atoms with Gasteiger partial charge in [0.05, 0.1) is 30.5 Å². The SMILES string of the molecule is O=C1N[C@H](c2ccccc2)COC(=O)[C@@H](Cc2ccccc2)CC=CC[C@@H]1CC(=O)N1Cc2ccccc2C[C@H]1CO. The monoisotopic (exact) mass is 566 g/mol. The topological polar surface area (TPSA) is 95.9 Å². The molecule has 2 N–H and O–H groups in total. The first-order valence-corrected chi connectivity index (χ1v) is 14.7. The normalized spacial score (nSPS) is 23.1. The Morgan fingerprint density at radius 1 is 0.857 bits per heavy atom. The molecule has 5 rings (SSSR count). The smallest absolute Gasteiger partial charge is 0.309 e. The summed E-state index contributed by atoms with van der Waals surface area (Å²) in [5.41, 5.74) is 4.08. The van der Waals surface area contributed by atoms with Gasteiger partial charge >= 0.3 is 5.97 Å². The number of allylic oxidation sites excluding steroid dienone is 2. The molecule has 7 nitrogen and oxygen atoms in total. The van der Waals surface area contributed by atoms with Crippen LogP contribution in [0.4, 0.5) is 0 Å². The van der Waals surface area contributed by atoms with Gasteiger partial charge in [0.15, 0.2) is 0 Å². The molecule has 2 aliphatic rings. The van der Waals surface area contributed by atoms with Crippen LogP contribution in [0.1, 0.15) is 47.6 Å². The van der Waals surface area contributed by atoms with Gasteiger partial charge in [0.25, 0.3) is 0 Å². The number of benzene rings is 3. The molecule has 3 aromatic rings. The molecule has 2 heterocycles. The van der Waals surface area contributed by atoms with Gasteiger partial charge in [-0.05, 0) is 47.9 Å². The summed E-state index contributed by atoms with van der Waals surface area (Å²) in [5.74, 6) is -1.70. The molecule has 0 saturated heterocycles. The van der Waals surface area contributed by atoms with E-state index in [9.17, 15) is 19.5 Å². The lowest BCUT2D eigenvalue weighted by Crippen LogP contribution is -2.47. The van der Waals surface area contributed by atoms with Crippen molar-refractivity contribution in [3.8, 4) is 0 Å². The zero-order valence-corrected chi connectivity index (χ0v) is 23.7. The minimum absolute atomic E-state index is 0.000245. The summed E-state index contributed by atoms with van der Waals surface area (Å²) >= 11 is 0. The number of aliphatic hydroxyl groups excluding tert-OH is 1. The van der Waals surface area contributed by atoms with Crippen LogP contribution < -0.4 is 5.32 Å². The van der Waals surface area contributed by atoms with Crippen LogP contribution in [-0.4, -0.2) is 47.0 Å². The number of rotatable bonds is 6. The first-order chi connectivity index (χ1) is 20.5. The average Bonchev–Trinajstić information content (AvgIpc) is 3.03. The molecule has 3 aromatic carbocycles. The number of fused-ring (bicyclic) bond motifs is 1. The molecule has 0 unspecified atom stereocenters. The third-order valence-electron chi connectivity index (χ3n) is 8.26. The second-order valence-electron chi connectivity index (χ2n) is 11.2. The molecule has 7 heteroatoms. The molecule has 2 amide bonds. The Balaban J connectivity index is 1.36. The average molecular weight is 567 g/mol. The molecule has 0 aromatic heterocycles. The number of esters is 1. The maximum absolute atomic E-state index is 13.7. The molecule has 218 valence electrons. The van der Waals surface area contributed by atoms with E-state index in [1.165, 1.54) is 0 Å². The number of amides is 2. The standard InChI is InChI=1S/C35H38N2O5/c38-23-31-20-27-15-7-10-18-30(27)22-37(31)33(39)21-28-16-8-9-17-29(19-25-11-3-1-4-12-25)35(41)42-24-32(36-34(28)40)26-13-5-2-6-14-26/h1-15,18,28-29,31-32,38H,16-17,19-24H2,(H,36,40)/t28-,29-,31+,32+/m1/s1. The maximum Gasteiger partial charge on any atom is 0.309 e. The number of ether oxygens (including phenoxy) is 1. The van der Waals surface area contributed by atoms with E-state index in [1.54, 1.807) is 4.90 Å². The van der Waals surface area contributed by atoms with E-state index in [2.05, 4.69) is 5.32 Å². The largest absolute Gasteiger partial charge is 0.463 e. The first-order valence-electron chi connectivity index (χ1n) is 14.7. The van der Waals surface area contributed by atoms with Gasteiger partial charge in [0.2, 0.25) is 11.8 Å². The zero-order chi connectivity index (χ0) is 29.3. The molecular weight excluding hydrogens is 528 g/mol. The van der Waals surface area contributed by atoms with Crippen molar-refractivity contribution in [2.24, 2.45) is 11.8 Å². The Kier molecular flexibility index (Phi) is 9.82. The fourth-order valence-electron chi connectivity index (χ4n) is 5.82. The van der Waals surface area contributed by atoms with E-state index in [1.807, 2.05) is 97.1 Å². The van der Waals surface area contributed by atoms with Crippen molar-refractivity contribution >= 4 is 17.8 Å². The molecule has 4 atom stereocenters. The third-order valence-corrected chi connectivity index (χ3v) is 8.26. The minimum Gasteiger partial charge on any atom is -0.463 e. The highest BCUT2D eigenvalue weighted by molar-refractivity contribution is 5.86. The number of carbonyl (C=O) groups is 3. The van der Waals surface area contributed by atoms with Crippen LogP contribution in [0.3, 0.4) is 0 Å². The Bertz CT molecular complexity index is 1390. The van der Waals surface area contributed by atoms with E-state index in [0.717, 1.165) is 22.3 Å². The van der Waals surface area contributed by atoms with Crippen LogP contribution in [-0.2, 0) is 38.5 Å². The predicted molar refractivity (Wildman–Crippen MR) is 160 cm³/mol. The third kappa shape index (κ3) is 7.34. The summed E-state index contributed by atoms with van der Waals surface area (Å²) in [6.07, 6.45) is 5.80. The van der Waals surface area contributed by atoms with Gasteiger partial charge in [0, 0.05) is 13.0 Å². The maximum atomic E-state index is 13.7. The number of carbonyl (C=O) groups excluding carboxylic acids is 3. The molecule has 0 spiro atoms. The van der Waals surface area contributed by atoms with E-state index in [0.29, 0.717) is 32.2 Å². The lowest BCUT2D eigenvalue weighted by atomic mass is 9.91. The van der Waals surface area contributed by atoms with Crippen molar-refractivity contribution in [3.63, 3.8) is 0 Å². The van der Waals surface area contributed by atoms with E-state index < -0.39 is 12.0 Å². The van der Waals surface area contributed by atoms with Gasteiger partial charge < -0.3 is 20.1 Å². The van der Waals surface area contributed by atoms with Crippen LogP contribution in [0.15, 0.2) is 97.1 Å². The lowest BCUT2D eigenvalue weighted by Gasteiger charge is -2.36. The summed E-state index contributed by atoms with van der Waals surface area (Å²) in [6.45, 7) is 0.273. The van der Waals surface area contributed by atoms with E-state index >= 15 is 0 Å². The highest BCUT2D eigenvalue weighted by Gasteiger charge is 2.33. The van der Waals surface area contributed by atoms with Crippen LogP contribution in [0, 0.1) is 11.8 Å². The van der Waals surface area contributed by atoms with Crippen molar-refractivity contribution in [1.82, 2.24) is 10.2 Å². The molecular formula is C35H38N2O5. The number of aliphatic hydroxyl groups is 1. The van der Waals surface area contributed by atoms with Gasteiger partial charge in [-0.15, -0.1) is 0 Å². The predicted octanol–water partition coefficient (Wildman–Crippen LogP) is 4.55. The van der Waals surface area contributed by atoms with Gasteiger partial charge in [0.1, 0.15) is 6.61 Å². The Hall–Kier alpha value is -4.23. The number of nitrogens with zero attached hydrogens (tertiary/aromatic N) is 1. The van der Waals surface area contributed by atoms with Crippen molar-refractivity contribution in [2.45, 2.75) is 50.7 Å². The summed E-state index contributed by atoms with van der Waals surface area (Å²) in [4.78, 5) is 42.2. The molecule has 0 bridgehead atoms. The molecule has 2 aliphatic heterocycles. The van der Waals surface area contributed by atoms with Crippen LogP contribution in [0.2, 0.25) is 0 Å². The first kappa shape index (κ1) is 29.3. The fourth-order valence-corrected chi connectivity index (χ4v) is 5.82. The Labute approximate surface area is 247 Å². The molecule has 0 fully saturated rings. The van der Waals surface area contributed by atoms with Crippen LogP contribution in [0.25, 0.3) is 0 Å². The zero-order valence-electron chi connectivity index (χ0n) is 23.7. The van der Waals surface area contributed by atoms with Gasteiger partial charge in [-0.1, -0.05) is 97.1 Å². The number of nitrogens with one attached hydrogen (secondary N) is 1. The molecule has 0 radical (unpaired) electrons. The molecule has 0 saturated carbocycles. The summed E-state index contributed by atoms with van der Waals surface area (Å²) in [7, 11) is 0. The highest BCUT2D eigenvalue weighted by atomic mass is 16.5. The summed E-state index contributed by atoms with van der Waals surface area (Å²) in [6, 6.07) is 26.4. The minimum atomic E-state index is -0.612. The summed E-state index contributed by atoms with van der Waals surface area (Å²) < 4.78 is 5.80. The fraction of sp³-hybridized carbons (Fsp3) is 0.343. The van der Waals surface area contributed by atoms with Crippen LogP contribution in [0.5, 0.6) is 0 Å². The van der Waals surface area contributed by atoms with Gasteiger partial charge in [-0.2, -0.15) is 0 Å². The van der Waals surface area contributed by atoms with Crippen LogP contribution >= 0.6 is 0 Å². The number of hydrogen-bond donors (Lipinski definition) is 2. The van der Waals surface area contributed by atoms with E-state index in [-0.39, 0.29) is 49.4 Å².